The first kappa shape index (κ1) is 29.5. The Morgan fingerprint density at radius 3 is 2.45 bits per heavy atom. The van der Waals surface area contributed by atoms with Crippen LogP contribution in [0.5, 0.6) is 5.75 Å². The fourth-order valence-electron chi connectivity index (χ4n) is 8.93. The third-order valence-corrected chi connectivity index (χ3v) is 11.0. The van der Waals surface area contributed by atoms with Crippen LogP contribution >= 0.6 is 15.9 Å². The van der Waals surface area contributed by atoms with Gasteiger partial charge in [-0.3, -0.25) is 14.5 Å². The van der Waals surface area contributed by atoms with E-state index in [1.165, 1.54) is 6.42 Å². The Hall–Kier alpha value is -3.24. The predicted molar refractivity (Wildman–Crippen MR) is 170 cm³/mol. The SMILES string of the molecule is O=C(CC12CC3CC(C1)CC(n1cncn1)(C3)C2)NCC(=O)N1CCN(Cc2ccccc2OCc2ccc(Br)cc2)CC1. The summed E-state index contributed by atoms with van der Waals surface area (Å²) in [7, 11) is 0. The fourth-order valence-corrected chi connectivity index (χ4v) is 9.20. The lowest BCUT2D eigenvalue weighted by molar-refractivity contribution is -0.140. The molecule has 2 unspecified atom stereocenters. The van der Waals surface area contributed by atoms with Gasteiger partial charge in [-0.1, -0.05) is 46.3 Å². The summed E-state index contributed by atoms with van der Waals surface area (Å²) in [6, 6.07) is 16.4. The number of benzene rings is 2. The topological polar surface area (TPSA) is 92.6 Å². The summed E-state index contributed by atoms with van der Waals surface area (Å²) in [6.07, 6.45) is 10.8. The van der Waals surface area contributed by atoms with Gasteiger partial charge in [0.25, 0.3) is 0 Å². The van der Waals surface area contributed by atoms with Crippen molar-refractivity contribution in [1.29, 1.82) is 0 Å². The smallest absolute Gasteiger partial charge is 0.242 e. The second kappa shape index (κ2) is 12.3. The summed E-state index contributed by atoms with van der Waals surface area (Å²) >= 11 is 3.48. The van der Waals surface area contributed by atoms with Crippen molar-refractivity contribution < 1.29 is 14.3 Å². The second-order valence-corrected chi connectivity index (χ2v) is 14.6. The maximum atomic E-state index is 13.2. The van der Waals surface area contributed by atoms with Crippen LogP contribution in [0.1, 0.15) is 56.1 Å². The van der Waals surface area contributed by atoms with E-state index in [9.17, 15) is 9.59 Å². The molecule has 1 saturated heterocycles. The summed E-state index contributed by atoms with van der Waals surface area (Å²) in [5.74, 6) is 2.20. The number of nitrogens with zero attached hydrogens (tertiary/aromatic N) is 5. The van der Waals surface area contributed by atoms with Gasteiger partial charge >= 0.3 is 0 Å². The average molecular weight is 662 g/mol. The van der Waals surface area contributed by atoms with Crippen LogP contribution in [-0.2, 0) is 28.3 Å². The molecule has 10 heteroatoms. The van der Waals surface area contributed by atoms with Crippen LogP contribution in [0.15, 0.2) is 65.7 Å². The highest BCUT2D eigenvalue weighted by Gasteiger charge is 2.59. The van der Waals surface area contributed by atoms with E-state index in [1.54, 1.807) is 6.33 Å². The minimum atomic E-state index is 0.000768. The van der Waals surface area contributed by atoms with Crippen LogP contribution in [0, 0.1) is 17.3 Å². The molecule has 1 aromatic heterocycles. The Labute approximate surface area is 267 Å². The van der Waals surface area contributed by atoms with Gasteiger partial charge in [0.15, 0.2) is 0 Å². The molecule has 5 fully saturated rings. The van der Waals surface area contributed by atoms with E-state index in [0.29, 0.717) is 38.0 Å². The minimum Gasteiger partial charge on any atom is -0.489 e. The molecule has 2 aromatic carbocycles. The van der Waals surface area contributed by atoms with E-state index >= 15 is 0 Å². The number of piperazine rings is 1. The number of halogens is 1. The molecular weight excluding hydrogens is 620 g/mol. The number of para-hydroxylation sites is 1. The molecule has 0 radical (unpaired) electrons. The second-order valence-electron chi connectivity index (χ2n) is 13.7. The standard InChI is InChI=1S/C34H41BrN6O3/c35-29-7-5-25(6-8-29)21-44-30-4-2-1-3-28(30)20-39-9-11-40(12-10-39)32(43)19-37-31(42)18-33-14-26-13-27(15-33)17-34(16-26,22-33)41-24-36-23-38-41/h1-8,23-24,26-27H,9-22H2,(H,37,42). The number of carbonyl (C=O) groups excluding carboxylic acids is 2. The largest absolute Gasteiger partial charge is 0.489 e. The number of amides is 2. The monoisotopic (exact) mass is 660 g/mol. The van der Waals surface area contributed by atoms with Crippen molar-refractivity contribution in [3.05, 3.63) is 76.8 Å². The molecule has 1 aliphatic heterocycles. The Morgan fingerprint density at radius 2 is 1.73 bits per heavy atom. The summed E-state index contributed by atoms with van der Waals surface area (Å²) in [5.41, 5.74) is 2.28. The highest BCUT2D eigenvalue weighted by molar-refractivity contribution is 9.10. The van der Waals surface area contributed by atoms with Crippen LogP contribution in [0.25, 0.3) is 0 Å². The molecule has 5 aliphatic rings. The Balaban J connectivity index is 0.876. The molecule has 4 aliphatic carbocycles. The Bertz CT molecular complexity index is 1460. The third-order valence-electron chi connectivity index (χ3n) is 10.4. The maximum absolute atomic E-state index is 13.2. The first-order chi connectivity index (χ1) is 21.4. The van der Waals surface area contributed by atoms with Gasteiger partial charge in [0.05, 0.1) is 12.1 Å². The van der Waals surface area contributed by atoms with Crippen LogP contribution in [0.4, 0.5) is 0 Å². The third kappa shape index (κ3) is 6.29. The van der Waals surface area contributed by atoms with Crippen molar-refractivity contribution in [3.63, 3.8) is 0 Å². The average Bonchev–Trinajstić information content (AvgIpc) is 3.56. The molecular formula is C34H41BrN6O3. The van der Waals surface area contributed by atoms with Crippen LogP contribution in [-0.4, -0.2) is 69.1 Å². The van der Waals surface area contributed by atoms with E-state index in [1.807, 2.05) is 41.6 Å². The van der Waals surface area contributed by atoms with Crippen molar-refractivity contribution in [1.82, 2.24) is 29.9 Å². The molecule has 4 bridgehead atoms. The van der Waals surface area contributed by atoms with E-state index in [4.69, 9.17) is 4.74 Å². The molecule has 9 nitrogen and oxygen atoms in total. The number of hydrogen-bond acceptors (Lipinski definition) is 6. The Morgan fingerprint density at radius 1 is 0.977 bits per heavy atom. The molecule has 3 aromatic rings. The lowest BCUT2D eigenvalue weighted by Gasteiger charge is -2.61. The van der Waals surface area contributed by atoms with Gasteiger partial charge in [0.2, 0.25) is 11.8 Å². The number of hydrogen-bond donors (Lipinski definition) is 1. The van der Waals surface area contributed by atoms with Gasteiger partial charge in [-0.25, -0.2) is 9.67 Å². The molecule has 4 saturated carbocycles. The highest BCUT2D eigenvalue weighted by atomic mass is 79.9. The minimum absolute atomic E-state index is 0.000768. The van der Waals surface area contributed by atoms with Gasteiger partial charge in [-0.05, 0) is 79.5 Å². The first-order valence-corrected chi connectivity index (χ1v) is 16.7. The first-order valence-electron chi connectivity index (χ1n) is 15.9. The van der Waals surface area contributed by atoms with Gasteiger partial charge in [0.1, 0.15) is 25.0 Å². The van der Waals surface area contributed by atoms with E-state index in [-0.39, 0.29) is 29.3 Å². The van der Waals surface area contributed by atoms with Gasteiger partial charge < -0.3 is 15.0 Å². The molecule has 8 rings (SSSR count). The zero-order valence-corrected chi connectivity index (χ0v) is 26.8. The molecule has 2 amide bonds. The van der Waals surface area contributed by atoms with Crippen molar-refractivity contribution in [2.45, 2.75) is 63.6 Å². The number of rotatable bonds is 10. The Kier molecular flexibility index (Phi) is 8.22. The molecule has 2 heterocycles. The molecule has 44 heavy (non-hydrogen) atoms. The van der Waals surface area contributed by atoms with E-state index in [0.717, 1.165) is 73.1 Å². The van der Waals surface area contributed by atoms with Gasteiger partial charge in [-0.2, -0.15) is 5.10 Å². The predicted octanol–water partition coefficient (Wildman–Crippen LogP) is 4.77. The van der Waals surface area contributed by atoms with Crippen LogP contribution in [0.3, 0.4) is 0 Å². The van der Waals surface area contributed by atoms with Crippen molar-refractivity contribution in [2.75, 3.05) is 32.7 Å². The molecule has 232 valence electrons. The molecule has 1 N–H and O–H groups in total. The van der Waals surface area contributed by atoms with Crippen molar-refractivity contribution in [2.24, 2.45) is 17.3 Å². The van der Waals surface area contributed by atoms with Crippen LogP contribution < -0.4 is 10.1 Å². The zero-order valence-electron chi connectivity index (χ0n) is 25.2. The highest BCUT2D eigenvalue weighted by Crippen LogP contribution is 2.65. The number of nitrogens with one attached hydrogen (secondary N) is 1. The number of carbonyl (C=O) groups is 2. The van der Waals surface area contributed by atoms with Gasteiger partial charge in [-0.15, -0.1) is 0 Å². The van der Waals surface area contributed by atoms with Crippen molar-refractivity contribution in [3.8, 4) is 5.75 Å². The molecule has 2 atom stereocenters. The summed E-state index contributed by atoms with van der Waals surface area (Å²) < 4.78 is 9.31. The summed E-state index contributed by atoms with van der Waals surface area (Å²) in [6.45, 7) is 4.25. The van der Waals surface area contributed by atoms with Crippen molar-refractivity contribution >= 4 is 27.7 Å². The maximum Gasteiger partial charge on any atom is 0.242 e. The number of aromatic nitrogens is 3. The lowest BCUT2D eigenvalue weighted by Crippen LogP contribution is -2.57. The number of ether oxygens (including phenoxy) is 1. The fraction of sp³-hybridized carbons (Fsp3) is 0.529. The van der Waals surface area contributed by atoms with Crippen LogP contribution in [0.2, 0.25) is 0 Å². The summed E-state index contributed by atoms with van der Waals surface area (Å²) in [5, 5.41) is 7.52. The summed E-state index contributed by atoms with van der Waals surface area (Å²) in [4.78, 5) is 34.8. The van der Waals surface area contributed by atoms with Gasteiger partial charge in [0, 0.05) is 49.2 Å². The lowest BCUT2D eigenvalue weighted by atomic mass is 9.46. The van der Waals surface area contributed by atoms with E-state index < -0.39 is 0 Å². The quantitative estimate of drug-likeness (QED) is 0.337. The zero-order chi connectivity index (χ0) is 30.1. The molecule has 0 spiro atoms. The van der Waals surface area contributed by atoms with E-state index in [2.05, 4.69) is 59.1 Å². The normalized spacial score (nSPS) is 27.8.